The van der Waals surface area contributed by atoms with Crippen LogP contribution in [0.5, 0.6) is 0 Å². The van der Waals surface area contributed by atoms with Gasteiger partial charge in [0.25, 0.3) is 0 Å². The molecule has 0 aromatic heterocycles. The summed E-state index contributed by atoms with van der Waals surface area (Å²) in [5.41, 5.74) is -0.470. The van der Waals surface area contributed by atoms with Gasteiger partial charge in [0, 0.05) is 6.42 Å². The van der Waals surface area contributed by atoms with Crippen LogP contribution in [0.3, 0.4) is 0 Å². The molecule has 2 aliphatic heterocycles. The van der Waals surface area contributed by atoms with Crippen LogP contribution >= 0.6 is 0 Å². The van der Waals surface area contributed by atoms with Crippen LogP contribution in [0.2, 0.25) is 0 Å². The van der Waals surface area contributed by atoms with Gasteiger partial charge >= 0.3 is 0 Å². The quantitative estimate of drug-likeness (QED) is 0.425. The summed E-state index contributed by atoms with van der Waals surface area (Å²) in [5, 5.41) is 18.9. The van der Waals surface area contributed by atoms with E-state index in [2.05, 4.69) is 0 Å². The summed E-state index contributed by atoms with van der Waals surface area (Å²) in [6.07, 6.45) is 1.35. The lowest BCUT2D eigenvalue weighted by molar-refractivity contribution is -0.156. The van der Waals surface area contributed by atoms with Crippen molar-refractivity contribution in [3.63, 3.8) is 0 Å². The van der Waals surface area contributed by atoms with Crippen molar-refractivity contribution >= 4 is 7.85 Å². The van der Waals surface area contributed by atoms with E-state index >= 15 is 0 Å². The van der Waals surface area contributed by atoms with E-state index in [0.29, 0.717) is 6.42 Å². The maximum atomic E-state index is 9.55. The molecule has 2 bridgehead atoms. The maximum Gasteiger partial charge on any atom is 0.146 e. The topological polar surface area (TPSA) is 49.7 Å². The molecule has 2 aliphatic rings. The van der Waals surface area contributed by atoms with Crippen LogP contribution < -0.4 is 0 Å². The van der Waals surface area contributed by atoms with E-state index in [0.717, 1.165) is 12.8 Å². The normalized spacial score (nSPS) is 56.4. The van der Waals surface area contributed by atoms with Gasteiger partial charge in [-0.3, -0.25) is 0 Å². The predicted octanol–water partition coefficient (Wildman–Crippen LogP) is -1.38. The second-order valence-corrected chi connectivity index (χ2v) is 3.84. The Balaban J connectivity index is 2.21. The third-order valence-electron chi connectivity index (χ3n) is 2.89. The summed E-state index contributed by atoms with van der Waals surface area (Å²) in [7, 11) is 1.88. The number of hydrogen-bond acceptors (Lipinski definition) is 3. The summed E-state index contributed by atoms with van der Waals surface area (Å²) in [5.74, 6) is 0. The molecule has 2 fully saturated rings. The van der Waals surface area contributed by atoms with E-state index < -0.39 is 17.7 Å². The van der Waals surface area contributed by atoms with Gasteiger partial charge in [-0.25, -0.2) is 0 Å². The molecule has 2 N–H and O–H groups in total. The number of aliphatic hydroxyl groups excluding tert-OH is 2. The molecule has 2 rings (SSSR count). The minimum absolute atomic E-state index is 0.179. The average molecular weight is 156 g/mol. The van der Waals surface area contributed by atoms with E-state index in [1.54, 1.807) is 0 Å². The van der Waals surface area contributed by atoms with Crippen molar-refractivity contribution in [2.24, 2.45) is 0 Å². The third kappa shape index (κ3) is 1.01. The number of ether oxygens (including phenoxy) is 1. The van der Waals surface area contributed by atoms with Crippen LogP contribution in [0.15, 0.2) is 0 Å². The molecule has 0 radical (unpaired) electrons. The van der Waals surface area contributed by atoms with Gasteiger partial charge in [0.2, 0.25) is 0 Å². The van der Waals surface area contributed by atoms with Gasteiger partial charge in [-0.05, 0) is 12.8 Å². The fourth-order valence-corrected chi connectivity index (χ4v) is 2.13. The molecule has 11 heavy (non-hydrogen) atoms. The summed E-state index contributed by atoms with van der Waals surface area (Å²) in [6.45, 7) is 0. The van der Waals surface area contributed by atoms with Crippen molar-refractivity contribution in [1.29, 1.82) is 0 Å². The molecular formula is C7H13BO3. The van der Waals surface area contributed by atoms with Crippen molar-refractivity contribution in [1.82, 2.24) is 0 Å². The highest BCUT2D eigenvalue weighted by Gasteiger charge is 2.49. The smallest absolute Gasteiger partial charge is 0.146 e. The zero-order valence-electron chi connectivity index (χ0n) is 6.66. The van der Waals surface area contributed by atoms with E-state index in [1.165, 1.54) is 0 Å². The highest BCUT2D eigenvalue weighted by atomic mass is 16.5. The van der Waals surface area contributed by atoms with E-state index in [-0.39, 0.29) is 6.10 Å². The van der Waals surface area contributed by atoms with Crippen molar-refractivity contribution < 1.29 is 14.9 Å². The molecular weight excluding hydrogens is 143 g/mol. The molecule has 0 spiro atoms. The second kappa shape index (κ2) is 2.22. The zero-order valence-corrected chi connectivity index (χ0v) is 6.66. The second-order valence-electron chi connectivity index (χ2n) is 3.84. The van der Waals surface area contributed by atoms with Crippen LogP contribution in [-0.4, -0.2) is 41.9 Å². The lowest BCUT2D eigenvalue weighted by Crippen LogP contribution is -2.53. The van der Waals surface area contributed by atoms with Crippen LogP contribution in [0.25, 0.3) is 0 Å². The summed E-state index contributed by atoms with van der Waals surface area (Å²) in [4.78, 5) is 0. The van der Waals surface area contributed by atoms with Crippen molar-refractivity contribution in [2.75, 3.05) is 0 Å². The van der Waals surface area contributed by atoms with Crippen LogP contribution in [-0.2, 0) is 4.74 Å². The van der Waals surface area contributed by atoms with Gasteiger partial charge in [0.1, 0.15) is 14.0 Å². The molecule has 0 aliphatic carbocycles. The summed E-state index contributed by atoms with van der Waals surface area (Å²) >= 11 is 0. The van der Waals surface area contributed by atoms with Crippen LogP contribution in [0.4, 0.5) is 0 Å². The highest BCUT2D eigenvalue weighted by molar-refractivity contribution is 6.15. The Morgan fingerprint density at radius 2 is 2.18 bits per heavy atom. The Hall–Kier alpha value is -0.0551. The predicted molar refractivity (Wildman–Crippen MR) is 42.0 cm³/mol. The van der Waals surface area contributed by atoms with Crippen LogP contribution in [0, 0.1) is 0 Å². The third-order valence-corrected chi connectivity index (χ3v) is 2.89. The fraction of sp³-hybridized carbons (Fsp3) is 1.00. The van der Waals surface area contributed by atoms with E-state index in [1.807, 2.05) is 7.85 Å². The monoisotopic (exact) mass is 156 g/mol. The SMILES string of the molecule is B[C@]12CC[C@H](C[C@@H](O)[C@H]1O)O2. The van der Waals surface area contributed by atoms with Crippen molar-refractivity contribution in [3.05, 3.63) is 0 Å². The van der Waals surface area contributed by atoms with Gasteiger partial charge in [0.05, 0.1) is 17.7 Å². The Morgan fingerprint density at radius 3 is 2.91 bits per heavy atom. The molecule has 0 aromatic carbocycles. The minimum atomic E-state index is -0.693. The Kier molecular flexibility index (Phi) is 1.53. The minimum Gasteiger partial charge on any atom is -0.390 e. The first-order valence-corrected chi connectivity index (χ1v) is 4.16. The lowest BCUT2D eigenvalue weighted by Gasteiger charge is -2.38. The maximum absolute atomic E-state index is 9.55. The Morgan fingerprint density at radius 1 is 1.45 bits per heavy atom. The molecule has 3 nitrogen and oxygen atoms in total. The molecule has 2 heterocycles. The zero-order chi connectivity index (χ0) is 8.06. The largest absolute Gasteiger partial charge is 0.390 e. The van der Waals surface area contributed by atoms with Gasteiger partial charge in [-0.15, -0.1) is 0 Å². The molecule has 62 valence electrons. The first-order valence-electron chi connectivity index (χ1n) is 4.16. The molecule has 2 saturated heterocycles. The van der Waals surface area contributed by atoms with Crippen LogP contribution in [0.1, 0.15) is 19.3 Å². The van der Waals surface area contributed by atoms with E-state index in [4.69, 9.17) is 4.74 Å². The first-order chi connectivity index (χ1) is 5.12. The molecule has 0 amide bonds. The summed E-state index contributed by atoms with van der Waals surface area (Å²) < 4.78 is 5.56. The van der Waals surface area contributed by atoms with Crippen molar-refractivity contribution in [3.8, 4) is 0 Å². The number of fused-ring (bicyclic) bond motifs is 2. The van der Waals surface area contributed by atoms with Crippen molar-refractivity contribution in [2.45, 2.75) is 43.1 Å². The fourth-order valence-electron chi connectivity index (χ4n) is 2.13. The number of rotatable bonds is 0. The molecule has 4 atom stereocenters. The summed E-state index contributed by atoms with van der Waals surface area (Å²) in [6, 6.07) is 0. The van der Waals surface area contributed by atoms with Gasteiger partial charge in [0.15, 0.2) is 0 Å². The van der Waals surface area contributed by atoms with Gasteiger partial charge in [-0.2, -0.15) is 0 Å². The lowest BCUT2D eigenvalue weighted by atomic mass is 9.73. The van der Waals surface area contributed by atoms with Gasteiger partial charge < -0.3 is 14.9 Å². The Labute approximate surface area is 66.8 Å². The Bertz CT molecular complexity index is 175. The average Bonchev–Trinajstić information content (AvgIpc) is 2.27. The van der Waals surface area contributed by atoms with Gasteiger partial charge in [-0.1, -0.05) is 0 Å². The molecule has 0 saturated carbocycles. The standard InChI is InChI=1S/C7H13BO3/c8-7-2-1-4(11-7)3-5(9)6(7)10/h4-6,9-10H,1-3,8H2/t4-,5-,6-,7+/m1/s1. The number of aliphatic hydroxyl groups is 2. The highest BCUT2D eigenvalue weighted by Crippen LogP contribution is 2.39. The van der Waals surface area contributed by atoms with E-state index in [9.17, 15) is 10.2 Å². The number of hydrogen-bond donors (Lipinski definition) is 2. The molecule has 4 heteroatoms. The first kappa shape index (κ1) is 7.59. The molecule has 0 unspecified atom stereocenters. The molecule has 0 aromatic rings.